The predicted octanol–water partition coefficient (Wildman–Crippen LogP) is 3.33. The molecule has 0 saturated heterocycles. The van der Waals surface area contributed by atoms with Gasteiger partial charge in [0.15, 0.2) is 0 Å². The van der Waals surface area contributed by atoms with Crippen LogP contribution in [0.1, 0.15) is 178 Å². The summed E-state index contributed by atoms with van der Waals surface area (Å²) in [5.41, 5.74) is 0. The van der Waals surface area contributed by atoms with E-state index in [1.165, 1.54) is 5.28 Å². The Morgan fingerprint density at radius 1 is 0.275 bits per heavy atom. The van der Waals surface area contributed by atoms with Crippen molar-refractivity contribution in [2.45, 2.75) is 183 Å². The number of carboxylic acid groups (broad SMARTS) is 5. The molecule has 0 amide bonds. The molecule has 0 spiro atoms. The van der Waals surface area contributed by atoms with Gasteiger partial charge in [0, 0.05) is 91.5 Å². The molecule has 0 aliphatic carbocycles. The molecule has 0 radical (unpaired) electrons. The summed E-state index contributed by atoms with van der Waals surface area (Å²) in [5, 5.41) is 52.3. The summed E-state index contributed by atoms with van der Waals surface area (Å²) in [5.74, 6) is -6.47. The zero-order chi connectivity index (χ0) is 55.7. The maximum absolute atomic E-state index is 11.4. The van der Waals surface area contributed by atoms with Crippen LogP contribution in [0.5, 0.6) is 0 Å². The van der Waals surface area contributed by atoms with E-state index < -0.39 is 62.0 Å². The van der Waals surface area contributed by atoms with Crippen molar-refractivity contribution in [1.29, 1.82) is 0 Å². The van der Waals surface area contributed by atoms with E-state index in [9.17, 15) is 73.5 Å². The monoisotopic (exact) mass is 1010 g/mol. The van der Waals surface area contributed by atoms with Crippen molar-refractivity contribution in [2.75, 3.05) is 0 Å². The van der Waals surface area contributed by atoms with Crippen molar-refractivity contribution in [3.05, 3.63) is 0 Å². The number of Topliss-reactive ketones (excluding diaryl/α,β-unsaturated/α-hetero) is 5. The number of hydrogen-bond acceptors (Lipinski definition) is 15. The Kier molecular flexibility index (Phi) is 50.4. The Balaban J connectivity index is -0.000000137. The molecule has 0 rings (SSSR count). The molecule has 0 bridgehead atoms. The second-order valence-corrected chi connectivity index (χ2v) is 21.4. The van der Waals surface area contributed by atoms with Gasteiger partial charge in [-0.1, -0.05) is 138 Å². The van der Waals surface area contributed by atoms with Gasteiger partial charge in [-0.05, 0) is 59.2 Å². The fraction of sp³-hybridized carbons (Fsp3) is 0.808. The van der Waals surface area contributed by atoms with E-state index in [1.807, 2.05) is 138 Å². The van der Waals surface area contributed by atoms with Crippen LogP contribution in [0.2, 0.25) is 5.28 Å². The molecule has 17 heteroatoms. The number of carbonyl (C=O) groups is 10. The molecule has 0 aromatic heterocycles. The van der Waals surface area contributed by atoms with Crippen LogP contribution in [0.15, 0.2) is 0 Å². The Morgan fingerprint density at radius 2 is 0.348 bits per heavy atom. The van der Waals surface area contributed by atoms with Crippen molar-refractivity contribution in [3.63, 3.8) is 0 Å². The molecule has 0 aromatic carbocycles. The minimum Gasteiger partial charge on any atom is 3.00 e. The van der Waals surface area contributed by atoms with Crippen LogP contribution in [0.4, 0.5) is 0 Å². The van der Waals surface area contributed by atoms with Crippen LogP contribution >= 0.6 is 0 Å². The third-order valence-electron chi connectivity index (χ3n) is 10.6. The van der Waals surface area contributed by atoms with Crippen molar-refractivity contribution >= 4 is 92.4 Å². The van der Waals surface area contributed by atoms with Gasteiger partial charge in [-0.3, -0.25) is 24.0 Å². The number of carboxylic acids is 5. The zero-order valence-corrected chi connectivity index (χ0v) is 48.5. The largest absolute Gasteiger partial charge is 3.00 e. The summed E-state index contributed by atoms with van der Waals surface area (Å²) >= 11 is 2.58. The van der Waals surface area contributed by atoms with Crippen LogP contribution in [0.3, 0.4) is 0 Å². The van der Waals surface area contributed by atoms with Gasteiger partial charge < -0.3 is 49.5 Å². The van der Waals surface area contributed by atoms with Crippen LogP contribution in [0.25, 0.3) is 0 Å². The molecule has 0 aromatic rings. The minimum absolute atomic E-state index is 0. The molecule has 0 N–H and O–H groups in total. The van der Waals surface area contributed by atoms with Gasteiger partial charge in [0.2, 0.25) is 0 Å². The maximum Gasteiger partial charge on any atom is 3.00 e. The van der Waals surface area contributed by atoms with Gasteiger partial charge in [0.1, 0.15) is 28.9 Å². The number of rotatable bonds is 25. The fourth-order valence-corrected chi connectivity index (χ4v) is 8.87. The summed E-state index contributed by atoms with van der Waals surface area (Å²) in [7, 11) is 0. The van der Waals surface area contributed by atoms with Gasteiger partial charge in [-0.25, -0.2) is 0 Å². The zero-order valence-electron chi connectivity index (χ0n) is 46.2. The van der Waals surface area contributed by atoms with E-state index in [0.29, 0.717) is 0 Å². The summed E-state index contributed by atoms with van der Waals surface area (Å²) in [6, 6.07) is 0. The average molecular weight is 1010 g/mol. The maximum atomic E-state index is 11.4. The topological polar surface area (TPSA) is 286 Å². The van der Waals surface area contributed by atoms with E-state index in [4.69, 9.17) is 0 Å². The first-order valence-corrected chi connectivity index (χ1v) is 24.9. The molecule has 69 heavy (non-hydrogen) atoms. The Morgan fingerprint density at radius 3 is 0.391 bits per heavy atom. The number of hydrogen-bond donors (Lipinski definition) is 0. The van der Waals surface area contributed by atoms with Crippen molar-refractivity contribution in [2.24, 2.45) is 88.8 Å². The van der Waals surface area contributed by atoms with Gasteiger partial charge in [0.25, 0.3) is 0 Å². The quantitative estimate of drug-likeness (QED) is 0.0936. The Hall–Kier alpha value is -3.24. The SMILES string of the molecule is CC(C)C(C(=O)CC(=O)[O-])C(C)C.CC(C)C(C(=O)CC(=O)[O-])C(C)C.CC(C)C(C(=O)CC(=O)[O-])C(C)C.CC(C)C(C(=O)CC(=O)[O-])C(C)C.CC(C)C(C(=O)CC(=O)[O-])C(C)C.C[CH2][Al+2].[Al+3]. The van der Waals surface area contributed by atoms with Crippen molar-refractivity contribution in [1.82, 2.24) is 0 Å². The summed E-state index contributed by atoms with van der Waals surface area (Å²) in [6.07, 6.45) is -2.29. The predicted molar refractivity (Wildman–Crippen MR) is 261 cm³/mol. The van der Waals surface area contributed by atoms with Crippen LogP contribution in [-0.4, -0.2) is 92.4 Å². The molecule has 0 saturated carbocycles. The first-order chi connectivity index (χ1) is 30.7. The second kappa shape index (κ2) is 43.5. The van der Waals surface area contributed by atoms with Gasteiger partial charge in [-0.2, -0.15) is 0 Å². The average Bonchev–Trinajstić information content (AvgIpc) is 3.06. The third-order valence-corrected chi connectivity index (χ3v) is 10.6. The minimum atomic E-state index is -1.28. The number of ketones is 5. The molecular formula is C52H90Al2O15. The van der Waals surface area contributed by atoms with E-state index in [0.717, 1.165) is 0 Å². The van der Waals surface area contributed by atoms with Crippen LogP contribution in [0, 0.1) is 88.8 Å². The summed E-state index contributed by atoms with van der Waals surface area (Å²) < 4.78 is 0. The summed E-state index contributed by atoms with van der Waals surface area (Å²) in [6.45, 7) is 40.7. The van der Waals surface area contributed by atoms with Crippen LogP contribution in [-0.2, 0) is 47.9 Å². The molecular weight excluding hydrogens is 919 g/mol. The fourth-order valence-electron chi connectivity index (χ4n) is 8.87. The smallest absolute Gasteiger partial charge is 3.00 e. The second-order valence-electron chi connectivity index (χ2n) is 20.6. The number of carbonyl (C=O) groups excluding carboxylic acids is 10. The molecule has 0 aliphatic heterocycles. The molecule has 0 aliphatic rings. The van der Waals surface area contributed by atoms with E-state index in [2.05, 4.69) is 23.2 Å². The molecule has 0 fully saturated rings. The normalized spacial score (nSPS) is 10.9. The van der Waals surface area contributed by atoms with Gasteiger partial charge in [-0.15, -0.1) is 0 Å². The Bertz CT molecular complexity index is 1220. The molecule has 15 nitrogen and oxygen atoms in total. The van der Waals surface area contributed by atoms with Gasteiger partial charge >= 0.3 is 45.9 Å². The molecule has 0 unspecified atom stereocenters. The van der Waals surface area contributed by atoms with Crippen molar-refractivity contribution in [3.8, 4) is 0 Å². The molecule has 0 heterocycles. The van der Waals surface area contributed by atoms with E-state index in [-0.39, 0.29) is 135 Å². The van der Waals surface area contributed by atoms with Crippen molar-refractivity contribution < 1.29 is 73.5 Å². The third kappa shape index (κ3) is 43.3. The molecule has 0 atom stereocenters. The standard InChI is InChI=1S/5C10H18O3.C2H5.2Al/c5*1-6(2)10(7(3)4)8(11)5-9(12)13;1-2;;/h5*6-7,10H,5H2,1-4H3,(H,12,13);1H2,2H3;;/q;;;;;;+2;+3/p-5. The summed E-state index contributed by atoms with van der Waals surface area (Å²) in [4.78, 5) is 108. The first-order valence-electron chi connectivity index (χ1n) is 24.0. The van der Waals surface area contributed by atoms with E-state index >= 15 is 0 Å². The van der Waals surface area contributed by atoms with Crippen LogP contribution < -0.4 is 25.5 Å². The van der Waals surface area contributed by atoms with E-state index in [1.54, 1.807) is 0 Å². The Labute approximate surface area is 435 Å². The first kappa shape index (κ1) is 79.9. The van der Waals surface area contributed by atoms with Gasteiger partial charge in [0.05, 0.1) is 0 Å². The molecule has 394 valence electrons. The number of aliphatic carboxylic acids is 5.